The lowest BCUT2D eigenvalue weighted by Crippen LogP contribution is -2.50. The third-order valence-electron chi connectivity index (χ3n) is 12.2. The number of ether oxygens (including phenoxy) is 3. The third-order valence-corrected chi connectivity index (χ3v) is 21.2. The fraction of sp³-hybridized carbons (Fsp3) is 0.865. The molecule has 0 spiro atoms. The van der Waals surface area contributed by atoms with Crippen LogP contribution in [0.4, 0.5) is 0 Å². The van der Waals surface area contributed by atoms with Gasteiger partial charge in [0.25, 0.3) is 0 Å². The molecule has 1 heterocycles. The van der Waals surface area contributed by atoms with E-state index in [4.69, 9.17) is 23.1 Å². The standard InChI is InChI=1S/C37H68O6Si2/c1-15-37(16-2,39-10)34(38)41-32-25-30(43-45(13,14)36(7,8)9)23-27-18-17-26(3)31(33(27)32)20-19-28-24-29(21-22-40-28)42-44(11,12)35(4,5)6/h17-18,23,26,28-33H,15-16,19-22,24-25H2,1-14H3/t26-,28+,29+,30+,31-,32-,33-/m0/s1. The average Bonchev–Trinajstić information content (AvgIpc) is 2.92. The maximum atomic E-state index is 13.8. The van der Waals surface area contributed by atoms with Crippen molar-refractivity contribution in [3.8, 4) is 0 Å². The number of hydrogen-bond acceptors (Lipinski definition) is 6. The zero-order chi connectivity index (χ0) is 34.0. The maximum Gasteiger partial charge on any atom is 0.338 e. The van der Waals surface area contributed by atoms with E-state index in [-0.39, 0.29) is 46.4 Å². The Morgan fingerprint density at radius 3 is 2.09 bits per heavy atom. The van der Waals surface area contributed by atoms with Crippen molar-refractivity contribution in [1.82, 2.24) is 0 Å². The van der Waals surface area contributed by atoms with Crippen molar-refractivity contribution in [1.29, 1.82) is 0 Å². The van der Waals surface area contributed by atoms with E-state index >= 15 is 0 Å². The molecule has 0 unspecified atom stereocenters. The monoisotopic (exact) mass is 664 g/mol. The molecule has 6 nitrogen and oxygen atoms in total. The summed E-state index contributed by atoms with van der Waals surface area (Å²) < 4.78 is 32.5. The van der Waals surface area contributed by atoms with Gasteiger partial charge in [0.2, 0.25) is 0 Å². The van der Waals surface area contributed by atoms with Gasteiger partial charge in [0.15, 0.2) is 22.2 Å². The minimum atomic E-state index is -2.04. The van der Waals surface area contributed by atoms with E-state index in [1.54, 1.807) is 7.11 Å². The summed E-state index contributed by atoms with van der Waals surface area (Å²) in [5.74, 6) is 0.603. The Labute approximate surface area is 278 Å². The smallest absolute Gasteiger partial charge is 0.338 e. The van der Waals surface area contributed by atoms with Gasteiger partial charge in [0, 0.05) is 32.2 Å². The average molecular weight is 665 g/mol. The topological polar surface area (TPSA) is 63.2 Å². The summed E-state index contributed by atoms with van der Waals surface area (Å²) in [5.41, 5.74) is 0.336. The molecular formula is C37H68O6Si2. The third kappa shape index (κ3) is 9.02. The van der Waals surface area contributed by atoms with Gasteiger partial charge in [-0.15, -0.1) is 0 Å². The van der Waals surface area contributed by atoms with Gasteiger partial charge < -0.3 is 23.1 Å². The van der Waals surface area contributed by atoms with Gasteiger partial charge in [-0.25, -0.2) is 4.79 Å². The molecule has 0 saturated carbocycles. The molecule has 0 aromatic heterocycles. The van der Waals surface area contributed by atoms with Crippen LogP contribution in [-0.2, 0) is 27.9 Å². The lowest BCUT2D eigenvalue weighted by Gasteiger charge is -2.47. The summed E-state index contributed by atoms with van der Waals surface area (Å²) in [6.07, 6.45) is 12.9. The normalized spacial score (nSPS) is 30.1. The highest BCUT2D eigenvalue weighted by Crippen LogP contribution is 2.47. The fourth-order valence-electron chi connectivity index (χ4n) is 6.89. The summed E-state index contributed by atoms with van der Waals surface area (Å²) in [6, 6.07) is 0. The second-order valence-corrected chi connectivity index (χ2v) is 26.7. The molecule has 0 aromatic carbocycles. The molecule has 45 heavy (non-hydrogen) atoms. The molecule has 0 radical (unpaired) electrons. The number of methoxy groups -OCH3 is 1. The zero-order valence-electron chi connectivity index (χ0n) is 31.4. The van der Waals surface area contributed by atoms with Crippen molar-refractivity contribution >= 4 is 22.6 Å². The number of allylic oxidation sites excluding steroid dienone is 2. The number of rotatable bonds is 12. The Balaban J connectivity index is 1.85. The van der Waals surface area contributed by atoms with Gasteiger partial charge in [-0.05, 0) is 92.2 Å². The predicted molar refractivity (Wildman–Crippen MR) is 191 cm³/mol. The summed E-state index contributed by atoms with van der Waals surface area (Å²) in [7, 11) is -2.25. The van der Waals surface area contributed by atoms with Crippen LogP contribution in [0.3, 0.4) is 0 Å². The van der Waals surface area contributed by atoms with Crippen LogP contribution >= 0.6 is 0 Å². The van der Waals surface area contributed by atoms with Crippen molar-refractivity contribution in [2.45, 2.75) is 174 Å². The Kier molecular flexibility index (Phi) is 12.7. The molecule has 8 heteroatoms. The lowest BCUT2D eigenvalue weighted by atomic mass is 9.66. The predicted octanol–water partition coefficient (Wildman–Crippen LogP) is 9.61. The highest BCUT2D eigenvalue weighted by atomic mass is 28.4. The van der Waals surface area contributed by atoms with Crippen molar-refractivity contribution < 1.29 is 27.9 Å². The van der Waals surface area contributed by atoms with Gasteiger partial charge in [-0.2, -0.15) is 0 Å². The molecule has 0 bridgehead atoms. The van der Waals surface area contributed by atoms with E-state index < -0.39 is 22.2 Å². The lowest BCUT2D eigenvalue weighted by molar-refractivity contribution is -0.181. The van der Waals surface area contributed by atoms with Crippen LogP contribution in [0.1, 0.15) is 107 Å². The number of fused-ring (bicyclic) bond motifs is 1. The van der Waals surface area contributed by atoms with E-state index in [2.05, 4.69) is 92.9 Å². The van der Waals surface area contributed by atoms with E-state index in [9.17, 15) is 4.79 Å². The largest absolute Gasteiger partial charge is 0.459 e. The first kappa shape index (κ1) is 38.7. The molecule has 3 aliphatic rings. The molecule has 0 amide bonds. The Morgan fingerprint density at radius 2 is 1.53 bits per heavy atom. The number of esters is 1. The Bertz CT molecular complexity index is 1040. The summed E-state index contributed by atoms with van der Waals surface area (Å²) >= 11 is 0. The molecule has 7 atom stereocenters. The first-order valence-corrected chi connectivity index (χ1v) is 23.6. The molecule has 3 rings (SSSR count). The fourth-order valence-corrected chi connectivity index (χ4v) is 9.56. The van der Waals surface area contributed by atoms with Gasteiger partial charge in [-0.1, -0.05) is 80.5 Å². The van der Waals surface area contributed by atoms with Gasteiger partial charge >= 0.3 is 5.97 Å². The highest BCUT2D eigenvalue weighted by Gasteiger charge is 2.48. The number of carbonyl (C=O) groups is 1. The van der Waals surface area contributed by atoms with Gasteiger partial charge in [-0.3, -0.25) is 0 Å². The molecule has 1 saturated heterocycles. The minimum absolute atomic E-state index is 0.0798. The molecule has 2 aliphatic carbocycles. The second-order valence-electron chi connectivity index (χ2n) is 17.2. The van der Waals surface area contributed by atoms with Gasteiger partial charge in [0.1, 0.15) is 6.10 Å². The molecular weight excluding hydrogens is 597 g/mol. The first-order chi connectivity index (χ1) is 20.7. The quantitative estimate of drug-likeness (QED) is 0.153. The van der Waals surface area contributed by atoms with Crippen LogP contribution in [0.15, 0.2) is 23.8 Å². The van der Waals surface area contributed by atoms with Crippen LogP contribution in [0.2, 0.25) is 36.3 Å². The molecule has 260 valence electrons. The number of carbonyl (C=O) groups excluding carboxylic acids is 1. The zero-order valence-corrected chi connectivity index (χ0v) is 33.4. The SMILES string of the molecule is CCC(CC)(OC)C(=O)O[C@H]1C[C@H](O[Si](C)(C)C(C)(C)C)C=C2C=C[C@H](C)[C@H](CC[C@@H]3C[C@H](O[Si](C)(C)C(C)(C)C)CCO3)[C@H]21. The highest BCUT2D eigenvalue weighted by molar-refractivity contribution is 6.74. The van der Waals surface area contributed by atoms with Crippen molar-refractivity contribution in [2.75, 3.05) is 13.7 Å². The van der Waals surface area contributed by atoms with Crippen LogP contribution < -0.4 is 0 Å². The van der Waals surface area contributed by atoms with Crippen LogP contribution in [0.25, 0.3) is 0 Å². The maximum absolute atomic E-state index is 13.8. The van der Waals surface area contributed by atoms with E-state index in [0.29, 0.717) is 31.1 Å². The summed E-state index contributed by atoms with van der Waals surface area (Å²) in [6.45, 7) is 30.2. The van der Waals surface area contributed by atoms with Crippen molar-refractivity contribution in [3.05, 3.63) is 23.8 Å². The molecule has 0 aromatic rings. The van der Waals surface area contributed by atoms with E-state index in [1.807, 2.05) is 13.8 Å². The van der Waals surface area contributed by atoms with Crippen molar-refractivity contribution in [3.63, 3.8) is 0 Å². The van der Waals surface area contributed by atoms with Crippen LogP contribution in [0.5, 0.6) is 0 Å². The molecule has 1 fully saturated rings. The Morgan fingerprint density at radius 1 is 0.933 bits per heavy atom. The molecule has 0 N–H and O–H groups in total. The number of hydrogen-bond donors (Lipinski definition) is 0. The van der Waals surface area contributed by atoms with Crippen LogP contribution in [0, 0.1) is 17.8 Å². The summed E-state index contributed by atoms with van der Waals surface area (Å²) in [4.78, 5) is 13.8. The van der Waals surface area contributed by atoms with E-state index in [1.165, 1.54) is 5.57 Å². The van der Waals surface area contributed by atoms with E-state index in [0.717, 1.165) is 32.3 Å². The van der Waals surface area contributed by atoms with Crippen LogP contribution in [-0.4, -0.2) is 66.3 Å². The van der Waals surface area contributed by atoms with Gasteiger partial charge in [0.05, 0.1) is 12.2 Å². The molecule has 1 aliphatic heterocycles. The minimum Gasteiger partial charge on any atom is -0.459 e. The Hall–Kier alpha value is -0.776. The first-order valence-electron chi connectivity index (χ1n) is 17.8. The summed E-state index contributed by atoms with van der Waals surface area (Å²) in [5, 5.41) is 0.290. The second kappa shape index (κ2) is 14.8. The van der Waals surface area contributed by atoms with Crippen molar-refractivity contribution in [2.24, 2.45) is 17.8 Å².